The maximum atomic E-state index is 12.1. The lowest BCUT2D eigenvalue weighted by Gasteiger charge is -2.24. The van der Waals surface area contributed by atoms with Crippen molar-refractivity contribution in [1.82, 2.24) is 20.2 Å². The van der Waals surface area contributed by atoms with Crippen LogP contribution in [0.4, 0.5) is 0 Å². The van der Waals surface area contributed by atoms with Crippen LogP contribution in [0.5, 0.6) is 0 Å². The highest BCUT2D eigenvalue weighted by Gasteiger charge is 2.22. The third-order valence-electron chi connectivity index (χ3n) is 3.35. The highest BCUT2D eigenvalue weighted by atomic mass is 32.1. The maximum Gasteiger partial charge on any atom is 0.354 e. The van der Waals surface area contributed by atoms with Crippen molar-refractivity contribution < 1.29 is 14.7 Å². The van der Waals surface area contributed by atoms with E-state index in [0.29, 0.717) is 6.54 Å². The molecule has 1 atom stereocenters. The van der Waals surface area contributed by atoms with Gasteiger partial charge >= 0.3 is 5.97 Å². The van der Waals surface area contributed by atoms with Crippen molar-refractivity contribution in [2.24, 2.45) is 0 Å². The Morgan fingerprint density at radius 1 is 1.50 bits per heavy atom. The minimum Gasteiger partial charge on any atom is -0.477 e. The number of carbonyl (C=O) groups is 2. The topological polar surface area (TPSA) is 98.3 Å². The molecule has 0 aliphatic heterocycles. The Bertz CT molecular complexity index is 677. The van der Waals surface area contributed by atoms with Crippen LogP contribution in [0.25, 0.3) is 0 Å². The van der Waals surface area contributed by atoms with Gasteiger partial charge in [0.15, 0.2) is 11.4 Å². The van der Waals surface area contributed by atoms with Crippen molar-refractivity contribution in [3.63, 3.8) is 0 Å². The molecule has 2 rings (SSSR count). The van der Waals surface area contributed by atoms with Gasteiger partial charge in [0, 0.05) is 11.4 Å². The summed E-state index contributed by atoms with van der Waals surface area (Å²) in [5, 5.41) is 13.8. The number of imidazole rings is 1. The quantitative estimate of drug-likeness (QED) is 0.749. The van der Waals surface area contributed by atoms with Crippen LogP contribution < -0.4 is 5.32 Å². The Morgan fingerprint density at radius 2 is 2.23 bits per heavy atom. The summed E-state index contributed by atoms with van der Waals surface area (Å²) in [6.45, 7) is 2.40. The van der Waals surface area contributed by atoms with Crippen LogP contribution in [-0.2, 0) is 0 Å². The number of rotatable bonds is 6. The first kappa shape index (κ1) is 16.2. The molecule has 0 fully saturated rings. The van der Waals surface area contributed by atoms with Gasteiger partial charge in [0.1, 0.15) is 0 Å². The van der Waals surface area contributed by atoms with Crippen molar-refractivity contribution in [3.05, 3.63) is 39.6 Å². The van der Waals surface area contributed by atoms with Gasteiger partial charge in [0.05, 0.1) is 12.4 Å². The zero-order valence-electron chi connectivity index (χ0n) is 12.6. The molecule has 0 aliphatic carbocycles. The van der Waals surface area contributed by atoms with Crippen LogP contribution in [0, 0.1) is 6.92 Å². The van der Waals surface area contributed by atoms with E-state index in [-0.39, 0.29) is 17.4 Å². The van der Waals surface area contributed by atoms with Gasteiger partial charge in [-0.2, -0.15) is 0 Å². The molecule has 0 aromatic carbocycles. The second kappa shape index (κ2) is 6.71. The molecule has 2 heterocycles. The highest BCUT2D eigenvalue weighted by Crippen LogP contribution is 2.26. The van der Waals surface area contributed by atoms with Crippen LogP contribution in [0.15, 0.2) is 17.8 Å². The number of aromatic carboxylic acids is 1. The lowest BCUT2D eigenvalue weighted by Crippen LogP contribution is -2.35. The first-order valence-electron chi connectivity index (χ1n) is 6.67. The number of carbonyl (C=O) groups excluding carboxylic acids is 1. The Hall–Kier alpha value is -2.19. The number of likely N-dealkylation sites (N-methyl/N-ethyl adjacent to an activating group) is 1. The molecule has 8 heteroatoms. The summed E-state index contributed by atoms with van der Waals surface area (Å²) in [5.41, 5.74) is 0.864. The van der Waals surface area contributed by atoms with Gasteiger partial charge in [0.25, 0.3) is 5.91 Å². The molecule has 0 aliphatic rings. The monoisotopic (exact) mass is 322 g/mol. The third-order valence-corrected chi connectivity index (χ3v) is 4.47. The number of aryl methyl sites for hydroxylation is 1. The molecule has 0 spiro atoms. The molecule has 2 aromatic rings. The predicted octanol–water partition coefficient (Wildman–Crippen LogP) is 1.51. The molecule has 2 aromatic heterocycles. The second-order valence-corrected chi connectivity index (χ2v) is 6.04. The Morgan fingerprint density at radius 3 is 2.77 bits per heavy atom. The third kappa shape index (κ3) is 3.34. The van der Waals surface area contributed by atoms with Crippen LogP contribution in [0.1, 0.15) is 37.5 Å². The molecule has 3 N–H and O–H groups in total. The molecule has 7 nitrogen and oxygen atoms in total. The number of aromatic amines is 1. The summed E-state index contributed by atoms with van der Waals surface area (Å²) in [7, 11) is 3.88. The molecule has 118 valence electrons. The van der Waals surface area contributed by atoms with E-state index in [1.807, 2.05) is 37.4 Å². The normalized spacial score (nSPS) is 12.4. The number of aromatic nitrogens is 2. The fourth-order valence-corrected chi connectivity index (χ4v) is 3.26. The van der Waals surface area contributed by atoms with Gasteiger partial charge < -0.3 is 20.3 Å². The van der Waals surface area contributed by atoms with E-state index in [2.05, 4.69) is 15.3 Å². The predicted molar refractivity (Wildman–Crippen MR) is 83.4 cm³/mol. The minimum atomic E-state index is -1.21. The van der Waals surface area contributed by atoms with Crippen LogP contribution in [0.2, 0.25) is 0 Å². The molecule has 0 saturated carbocycles. The summed E-state index contributed by atoms with van der Waals surface area (Å²) in [5.74, 6) is -1.71. The Labute approximate surface area is 132 Å². The number of thiophene rings is 1. The number of nitrogens with zero attached hydrogens (tertiary/aromatic N) is 2. The van der Waals surface area contributed by atoms with E-state index in [1.54, 1.807) is 11.3 Å². The number of carboxylic acid groups (broad SMARTS) is 1. The van der Waals surface area contributed by atoms with Crippen molar-refractivity contribution >= 4 is 23.2 Å². The van der Waals surface area contributed by atoms with E-state index in [0.717, 1.165) is 0 Å². The molecule has 22 heavy (non-hydrogen) atoms. The van der Waals surface area contributed by atoms with E-state index >= 15 is 0 Å². The van der Waals surface area contributed by atoms with Crippen LogP contribution in [0.3, 0.4) is 0 Å². The van der Waals surface area contributed by atoms with E-state index in [1.165, 1.54) is 16.8 Å². The first-order valence-corrected chi connectivity index (χ1v) is 7.55. The molecule has 1 unspecified atom stereocenters. The lowest BCUT2D eigenvalue weighted by molar-refractivity contribution is 0.0684. The summed E-state index contributed by atoms with van der Waals surface area (Å²) >= 11 is 1.63. The first-order chi connectivity index (χ1) is 10.4. The fraction of sp³-hybridized carbons (Fsp3) is 0.357. The summed E-state index contributed by atoms with van der Waals surface area (Å²) in [6.07, 6.45) is 1.20. The standard InChI is InChI=1S/C14H18N4O3S/c1-8-4-5-22-12(8)9(18(2)3)6-15-13(19)10-11(14(20)21)17-7-16-10/h4-5,7,9H,6H2,1-3H3,(H,15,19)(H,16,17)(H,20,21). The number of hydrogen-bond donors (Lipinski definition) is 3. The van der Waals surface area contributed by atoms with E-state index in [9.17, 15) is 9.59 Å². The molecular formula is C14H18N4O3S. The van der Waals surface area contributed by atoms with Crippen molar-refractivity contribution in [3.8, 4) is 0 Å². The van der Waals surface area contributed by atoms with E-state index < -0.39 is 11.9 Å². The second-order valence-electron chi connectivity index (χ2n) is 5.09. The maximum absolute atomic E-state index is 12.1. The SMILES string of the molecule is Cc1ccsc1C(CNC(=O)c1nc[nH]c1C(=O)O)N(C)C. The fourth-order valence-electron chi connectivity index (χ4n) is 2.14. The number of hydrogen-bond acceptors (Lipinski definition) is 5. The largest absolute Gasteiger partial charge is 0.477 e. The van der Waals surface area contributed by atoms with Crippen LogP contribution in [-0.4, -0.2) is 52.5 Å². The average Bonchev–Trinajstić information content (AvgIpc) is 3.08. The van der Waals surface area contributed by atoms with Crippen molar-refractivity contribution in [1.29, 1.82) is 0 Å². The molecule has 0 radical (unpaired) electrons. The highest BCUT2D eigenvalue weighted by molar-refractivity contribution is 7.10. The summed E-state index contributed by atoms with van der Waals surface area (Å²) in [4.78, 5) is 32.6. The molecule has 1 amide bonds. The zero-order chi connectivity index (χ0) is 16.3. The van der Waals surface area contributed by atoms with E-state index in [4.69, 9.17) is 5.11 Å². The number of carboxylic acids is 1. The zero-order valence-corrected chi connectivity index (χ0v) is 13.4. The van der Waals surface area contributed by atoms with Gasteiger partial charge in [-0.05, 0) is 38.0 Å². The van der Waals surface area contributed by atoms with Crippen molar-refractivity contribution in [2.75, 3.05) is 20.6 Å². The van der Waals surface area contributed by atoms with Gasteiger partial charge in [-0.25, -0.2) is 9.78 Å². The van der Waals surface area contributed by atoms with Gasteiger partial charge in [-0.3, -0.25) is 4.79 Å². The van der Waals surface area contributed by atoms with Gasteiger partial charge in [0.2, 0.25) is 0 Å². The van der Waals surface area contributed by atoms with Crippen molar-refractivity contribution in [2.45, 2.75) is 13.0 Å². The number of amides is 1. The average molecular weight is 322 g/mol. The number of nitrogens with one attached hydrogen (secondary N) is 2. The minimum absolute atomic E-state index is 0.0242. The summed E-state index contributed by atoms with van der Waals surface area (Å²) in [6, 6.07) is 2.06. The van der Waals surface area contributed by atoms with Gasteiger partial charge in [-0.15, -0.1) is 11.3 Å². The van der Waals surface area contributed by atoms with Gasteiger partial charge in [-0.1, -0.05) is 0 Å². The number of H-pyrrole nitrogens is 1. The van der Waals surface area contributed by atoms with Crippen LogP contribution >= 0.6 is 11.3 Å². The molecule has 0 bridgehead atoms. The smallest absolute Gasteiger partial charge is 0.354 e. The Kier molecular flexibility index (Phi) is 4.94. The summed E-state index contributed by atoms with van der Waals surface area (Å²) < 4.78 is 0. The molecule has 0 saturated heterocycles. The lowest BCUT2D eigenvalue weighted by atomic mass is 10.1. The Balaban J connectivity index is 2.10. The molecular weight excluding hydrogens is 304 g/mol.